The molecule has 1 heterocycles. The van der Waals surface area contributed by atoms with E-state index in [0.29, 0.717) is 19.1 Å². The zero-order chi connectivity index (χ0) is 14.2. The molecule has 0 aliphatic heterocycles. The smallest absolute Gasteiger partial charge is 0.129 e. The standard InChI is InChI=1S/C17H23NO2/c1-14(2)9-18-10-16-8-17(20-12-16)13-19-11-15-6-4-3-5-7-15/h3-8,12,14,18H,9-11,13H2,1-2H3. The van der Waals surface area contributed by atoms with Gasteiger partial charge in [0.15, 0.2) is 0 Å². The minimum atomic E-state index is 0.513. The molecule has 0 amide bonds. The Kier molecular flexibility index (Phi) is 5.84. The van der Waals surface area contributed by atoms with Crippen LogP contribution in [0.5, 0.6) is 0 Å². The van der Waals surface area contributed by atoms with Crippen molar-refractivity contribution in [2.24, 2.45) is 5.92 Å². The highest BCUT2D eigenvalue weighted by Crippen LogP contribution is 2.10. The van der Waals surface area contributed by atoms with Crippen LogP contribution in [-0.2, 0) is 24.5 Å². The van der Waals surface area contributed by atoms with Crippen molar-refractivity contribution in [2.75, 3.05) is 6.54 Å². The lowest BCUT2D eigenvalue weighted by Gasteiger charge is -2.04. The molecule has 0 saturated carbocycles. The van der Waals surface area contributed by atoms with Crippen LogP contribution in [0.3, 0.4) is 0 Å². The van der Waals surface area contributed by atoms with Crippen LogP contribution in [0.15, 0.2) is 47.1 Å². The van der Waals surface area contributed by atoms with Gasteiger partial charge in [-0.15, -0.1) is 0 Å². The summed E-state index contributed by atoms with van der Waals surface area (Å²) in [4.78, 5) is 0. The molecule has 0 saturated heterocycles. The average Bonchev–Trinajstić information content (AvgIpc) is 2.87. The third-order valence-electron chi connectivity index (χ3n) is 2.95. The molecule has 2 aromatic rings. The van der Waals surface area contributed by atoms with Gasteiger partial charge in [-0.3, -0.25) is 0 Å². The summed E-state index contributed by atoms with van der Waals surface area (Å²) in [5, 5.41) is 3.40. The van der Waals surface area contributed by atoms with E-state index in [1.807, 2.05) is 18.2 Å². The van der Waals surface area contributed by atoms with Gasteiger partial charge in [-0.25, -0.2) is 0 Å². The average molecular weight is 273 g/mol. The van der Waals surface area contributed by atoms with E-state index in [-0.39, 0.29) is 0 Å². The molecule has 108 valence electrons. The third kappa shape index (κ3) is 5.19. The summed E-state index contributed by atoms with van der Waals surface area (Å²) in [6.45, 7) is 7.39. The molecule has 1 aromatic carbocycles. The van der Waals surface area contributed by atoms with Crippen LogP contribution in [0.25, 0.3) is 0 Å². The lowest BCUT2D eigenvalue weighted by Crippen LogP contribution is -2.18. The predicted molar refractivity (Wildman–Crippen MR) is 80.2 cm³/mol. The van der Waals surface area contributed by atoms with Crippen LogP contribution in [0.4, 0.5) is 0 Å². The molecule has 2 rings (SSSR count). The normalized spacial score (nSPS) is 11.2. The van der Waals surface area contributed by atoms with Gasteiger partial charge in [-0.05, 0) is 24.1 Å². The maximum atomic E-state index is 5.65. The Hall–Kier alpha value is -1.58. The molecule has 0 radical (unpaired) electrons. The van der Waals surface area contributed by atoms with Crippen molar-refractivity contribution in [1.82, 2.24) is 5.32 Å². The summed E-state index contributed by atoms with van der Waals surface area (Å²) < 4.78 is 11.1. The Morgan fingerprint density at radius 2 is 1.90 bits per heavy atom. The number of furan rings is 1. The van der Waals surface area contributed by atoms with Crippen molar-refractivity contribution in [1.29, 1.82) is 0 Å². The van der Waals surface area contributed by atoms with Crippen LogP contribution in [-0.4, -0.2) is 6.54 Å². The molecule has 0 spiro atoms. The van der Waals surface area contributed by atoms with E-state index >= 15 is 0 Å². The maximum absolute atomic E-state index is 5.65. The monoisotopic (exact) mass is 273 g/mol. The van der Waals surface area contributed by atoms with E-state index < -0.39 is 0 Å². The molecule has 3 nitrogen and oxygen atoms in total. The van der Waals surface area contributed by atoms with Crippen LogP contribution in [0, 0.1) is 5.92 Å². The topological polar surface area (TPSA) is 34.4 Å². The van der Waals surface area contributed by atoms with Gasteiger partial charge in [-0.2, -0.15) is 0 Å². The molecule has 0 atom stereocenters. The minimum Gasteiger partial charge on any atom is -0.467 e. The highest BCUT2D eigenvalue weighted by molar-refractivity contribution is 5.14. The van der Waals surface area contributed by atoms with Gasteiger partial charge >= 0.3 is 0 Å². The highest BCUT2D eigenvalue weighted by Gasteiger charge is 2.03. The fourth-order valence-corrected chi connectivity index (χ4v) is 1.94. The van der Waals surface area contributed by atoms with Crippen molar-refractivity contribution in [3.8, 4) is 0 Å². The van der Waals surface area contributed by atoms with Crippen LogP contribution < -0.4 is 5.32 Å². The quantitative estimate of drug-likeness (QED) is 0.795. The number of hydrogen-bond donors (Lipinski definition) is 1. The largest absolute Gasteiger partial charge is 0.467 e. The van der Waals surface area contributed by atoms with E-state index in [2.05, 4.69) is 37.4 Å². The predicted octanol–water partition coefficient (Wildman–Crippen LogP) is 3.74. The number of hydrogen-bond acceptors (Lipinski definition) is 3. The molecule has 0 fully saturated rings. The number of nitrogens with one attached hydrogen (secondary N) is 1. The van der Waals surface area contributed by atoms with Gasteiger partial charge in [0.2, 0.25) is 0 Å². The first-order valence-electron chi connectivity index (χ1n) is 7.12. The second-order valence-electron chi connectivity index (χ2n) is 5.42. The summed E-state index contributed by atoms with van der Waals surface area (Å²) in [6, 6.07) is 12.2. The van der Waals surface area contributed by atoms with E-state index in [1.165, 1.54) is 11.1 Å². The molecule has 0 aliphatic rings. The molecule has 0 aliphatic carbocycles. The van der Waals surface area contributed by atoms with Gasteiger partial charge in [-0.1, -0.05) is 44.2 Å². The van der Waals surface area contributed by atoms with Gasteiger partial charge in [0.1, 0.15) is 12.4 Å². The Bertz CT molecular complexity index is 491. The molecular formula is C17H23NO2. The second-order valence-corrected chi connectivity index (χ2v) is 5.42. The molecular weight excluding hydrogens is 250 g/mol. The van der Waals surface area contributed by atoms with E-state index in [9.17, 15) is 0 Å². The first kappa shape index (κ1) is 14.8. The number of rotatable bonds is 8. The molecule has 1 aromatic heterocycles. The van der Waals surface area contributed by atoms with Crippen molar-refractivity contribution in [2.45, 2.75) is 33.6 Å². The first-order valence-corrected chi connectivity index (χ1v) is 7.12. The van der Waals surface area contributed by atoms with E-state index in [1.54, 1.807) is 6.26 Å². The molecule has 3 heteroatoms. The Morgan fingerprint density at radius 1 is 1.10 bits per heavy atom. The van der Waals surface area contributed by atoms with E-state index in [0.717, 1.165) is 18.8 Å². The lowest BCUT2D eigenvalue weighted by molar-refractivity contribution is 0.0929. The zero-order valence-corrected chi connectivity index (χ0v) is 12.3. The Balaban J connectivity index is 1.70. The second kappa shape index (κ2) is 7.88. The van der Waals surface area contributed by atoms with E-state index in [4.69, 9.17) is 9.15 Å². The van der Waals surface area contributed by atoms with Crippen LogP contribution in [0.1, 0.15) is 30.7 Å². The van der Waals surface area contributed by atoms with Crippen molar-refractivity contribution < 1.29 is 9.15 Å². The zero-order valence-electron chi connectivity index (χ0n) is 12.3. The van der Waals surface area contributed by atoms with Gasteiger partial charge in [0.25, 0.3) is 0 Å². The van der Waals surface area contributed by atoms with Crippen molar-refractivity contribution in [3.05, 3.63) is 59.5 Å². The summed E-state index contributed by atoms with van der Waals surface area (Å²) in [6.07, 6.45) is 1.80. The Morgan fingerprint density at radius 3 is 2.65 bits per heavy atom. The molecule has 0 bridgehead atoms. The lowest BCUT2D eigenvalue weighted by atomic mass is 10.2. The number of benzene rings is 1. The first-order chi connectivity index (χ1) is 9.74. The third-order valence-corrected chi connectivity index (χ3v) is 2.95. The van der Waals surface area contributed by atoms with Gasteiger partial charge in [0.05, 0.1) is 12.9 Å². The fraction of sp³-hybridized carbons (Fsp3) is 0.412. The highest BCUT2D eigenvalue weighted by atomic mass is 16.5. The van der Waals surface area contributed by atoms with Crippen molar-refractivity contribution in [3.63, 3.8) is 0 Å². The SMILES string of the molecule is CC(C)CNCc1coc(COCc2ccccc2)c1. The van der Waals surface area contributed by atoms with Crippen LogP contribution >= 0.6 is 0 Å². The maximum Gasteiger partial charge on any atom is 0.129 e. The summed E-state index contributed by atoms with van der Waals surface area (Å²) in [5.74, 6) is 1.54. The van der Waals surface area contributed by atoms with Crippen molar-refractivity contribution >= 4 is 0 Å². The molecule has 0 unspecified atom stereocenters. The number of ether oxygens (including phenoxy) is 1. The summed E-state index contributed by atoms with van der Waals surface area (Å²) in [5.41, 5.74) is 2.35. The molecule has 20 heavy (non-hydrogen) atoms. The summed E-state index contributed by atoms with van der Waals surface area (Å²) >= 11 is 0. The van der Waals surface area contributed by atoms with Gasteiger partial charge < -0.3 is 14.5 Å². The Labute approximate surface area is 121 Å². The minimum absolute atomic E-state index is 0.513. The molecule has 1 N–H and O–H groups in total. The summed E-state index contributed by atoms with van der Waals surface area (Å²) in [7, 11) is 0. The fourth-order valence-electron chi connectivity index (χ4n) is 1.94. The van der Waals surface area contributed by atoms with Crippen LogP contribution in [0.2, 0.25) is 0 Å². The van der Waals surface area contributed by atoms with Gasteiger partial charge in [0, 0.05) is 12.1 Å².